The van der Waals surface area contributed by atoms with Crippen LogP contribution in [0.4, 0.5) is 5.13 Å². The molecule has 0 aliphatic carbocycles. The van der Waals surface area contributed by atoms with E-state index in [9.17, 15) is 0 Å². The Hall–Kier alpha value is -1.46. The van der Waals surface area contributed by atoms with Crippen molar-refractivity contribution in [2.24, 2.45) is 0 Å². The van der Waals surface area contributed by atoms with Crippen molar-refractivity contribution < 1.29 is 0 Å². The summed E-state index contributed by atoms with van der Waals surface area (Å²) in [5.41, 5.74) is 0. The number of hydrogen-bond acceptors (Lipinski definition) is 5. The van der Waals surface area contributed by atoms with Crippen LogP contribution in [0.25, 0.3) is 0 Å². The van der Waals surface area contributed by atoms with Crippen molar-refractivity contribution in [2.75, 3.05) is 31.1 Å². The van der Waals surface area contributed by atoms with Gasteiger partial charge in [-0.3, -0.25) is 4.98 Å². The second-order valence-corrected chi connectivity index (χ2v) is 4.45. The molecule has 3 rings (SSSR count). The van der Waals surface area contributed by atoms with Crippen molar-refractivity contribution in [3.8, 4) is 0 Å². The maximum atomic E-state index is 4.26. The first-order valence-electron chi connectivity index (χ1n) is 5.67. The number of aromatic nitrogens is 2. The average molecular weight is 248 g/mol. The van der Waals surface area contributed by atoms with E-state index in [2.05, 4.69) is 20.2 Å². The third kappa shape index (κ3) is 4.13. The van der Waals surface area contributed by atoms with Crippen molar-refractivity contribution in [1.29, 1.82) is 0 Å². The normalized spacial score (nSPS) is 14.9. The lowest BCUT2D eigenvalue weighted by Gasteiger charge is -2.26. The molecule has 2 aromatic rings. The summed E-state index contributed by atoms with van der Waals surface area (Å²) in [6, 6.07) is 5.72. The molecule has 1 N–H and O–H groups in total. The topological polar surface area (TPSA) is 41.1 Å². The summed E-state index contributed by atoms with van der Waals surface area (Å²) < 4.78 is 0. The lowest BCUT2D eigenvalue weighted by atomic mass is 10.4. The molecule has 0 amide bonds. The van der Waals surface area contributed by atoms with Crippen molar-refractivity contribution in [1.82, 2.24) is 15.3 Å². The Kier molecular flexibility index (Phi) is 4.93. The molecule has 1 aliphatic rings. The van der Waals surface area contributed by atoms with Crippen LogP contribution in [-0.4, -0.2) is 36.1 Å². The predicted molar refractivity (Wildman–Crippen MR) is 71.4 cm³/mol. The van der Waals surface area contributed by atoms with Crippen molar-refractivity contribution in [3.05, 3.63) is 42.2 Å². The van der Waals surface area contributed by atoms with Crippen LogP contribution in [0.2, 0.25) is 0 Å². The third-order valence-electron chi connectivity index (χ3n) is 2.37. The van der Waals surface area contributed by atoms with E-state index in [1.807, 2.05) is 29.8 Å². The van der Waals surface area contributed by atoms with Crippen LogP contribution in [0.1, 0.15) is 0 Å². The number of thiazole rings is 1. The lowest BCUT2D eigenvalue weighted by Crippen LogP contribution is -2.43. The van der Waals surface area contributed by atoms with Crippen LogP contribution in [0.15, 0.2) is 42.2 Å². The second kappa shape index (κ2) is 6.98. The van der Waals surface area contributed by atoms with Gasteiger partial charge in [-0.2, -0.15) is 0 Å². The fourth-order valence-electron chi connectivity index (χ4n) is 1.54. The van der Waals surface area contributed by atoms with Gasteiger partial charge in [0.1, 0.15) is 0 Å². The van der Waals surface area contributed by atoms with Gasteiger partial charge in [-0.05, 0) is 12.1 Å². The van der Waals surface area contributed by atoms with Crippen LogP contribution in [-0.2, 0) is 0 Å². The minimum absolute atomic E-state index is 1.08. The van der Waals surface area contributed by atoms with E-state index >= 15 is 0 Å². The first-order chi connectivity index (χ1) is 8.47. The Balaban J connectivity index is 0.000000153. The van der Waals surface area contributed by atoms with E-state index in [4.69, 9.17) is 0 Å². The maximum Gasteiger partial charge on any atom is 0.185 e. The summed E-state index contributed by atoms with van der Waals surface area (Å²) in [6.07, 6.45) is 5.36. The highest BCUT2D eigenvalue weighted by Gasteiger charge is 2.11. The predicted octanol–water partition coefficient (Wildman–Crippen LogP) is 1.63. The number of anilines is 1. The average Bonchev–Trinajstić information content (AvgIpc) is 2.96. The smallest absolute Gasteiger partial charge is 0.185 e. The molecule has 0 radical (unpaired) electrons. The number of piperazine rings is 1. The van der Waals surface area contributed by atoms with Crippen LogP contribution in [0.5, 0.6) is 0 Å². The van der Waals surface area contributed by atoms with Crippen molar-refractivity contribution >= 4 is 16.5 Å². The van der Waals surface area contributed by atoms with Gasteiger partial charge in [-0.25, -0.2) is 4.98 Å². The third-order valence-corrected chi connectivity index (χ3v) is 3.21. The van der Waals surface area contributed by atoms with E-state index in [0.717, 1.165) is 31.3 Å². The molecule has 1 fully saturated rings. The Labute approximate surface area is 105 Å². The molecule has 0 saturated carbocycles. The summed E-state index contributed by atoms with van der Waals surface area (Å²) in [4.78, 5) is 10.4. The number of hydrogen-bond donors (Lipinski definition) is 1. The highest BCUT2D eigenvalue weighted by molar-refractivity contribution is 7.13. The van der Waals surface area contributed by atoms with E-state index in [1.165, 1.54) is 0 Å². The highest BCUT2D eigenvalue weighted by Crippen LogP contribution is 2.16. The SMILES string of the molecule is c1ccncc1.c1csc(N2CCNCC2)n1. The minimum Gasteiger partial charge on any atom is -0.346 e. The molecule has 17 heavy (non-hydrogen) atoms. The first-order valence-corrected chi connectivity index (χ1v) is 6.55. The molecule has 4 nitrogen and oxygen atoms in total. The standard InChI is InChI=1S/C7H11N3S.C5H5N/c1-4-10(5-2-8-1)7-9-3-6-11-7;1-2-4-6-5-3-1/h3,6,8H,1-2,4-5H2;1-5H. The van der Waals surface area contributed by atoms with Gasteiger partial charge in [-0.1, -0.05) is 6.07 Å². The fraction of sp³-hybridized carbons (Fsp3) is 0.333. The van der Waals surface area contributed by atoms with E-state index < -0.39 is 0 Å². The van der Waals surface area contributed by atoms with Crippen LogP contribution < -0.4 is 10.2 Å². The Morgan fingerprint density at radius 2 is 1.82 bits per heavy atom. The van der Waals surface area contributed by atoms with E-state index in [0.29, 0.717) is 0 Å². The molecule has 5 heteroatoms. The molecule has 2 aromatic heterocycles. The number of rotatable bonds is 1. The zero-order chi connectivity index (χ0) is 11.8. The molecule has 1 saturated heterocycles. The largest absolute Gasteiger partial charge is 0.346 e. The lowest BCUT2D eigenvalue weighted by molar-refractivity contribution is 0.588. The van der Waals surface area contributed by atoms with Gasteiger partial charge in [0, 0.05) is 50.1 Å². The molecule has 1 aliphatic heterocycles. The van der Waals surface area contributed by atoms with Crippen LogP contribution >= 0.6 is 11.3 Å². The Bertz CT molecular complexity index is 357. The summed E-state index contributed by atoms with van der Waals surface area (Å²) in [5.74, 6) is 0. The van der Waals surface area contributed by atoms with Gasteiger partial charge in [0.25, 0.3) is 0 Å². The molecule has 3 heterocycles. The van der Waals surface area contributed by atoms with Crippen molar-refractivity contribution in [3.63, 3.8) is 0 Å². The number of nitrogens with one attached hydrogen (secondary N) is 1. The minimum atomic E-state index is 1.08. The Morgan fingerprint density at radius 1 is 1.06 bits per heavy atom. The molecular formula is C12H16N4S. The van der Waals surface area contributed by atoms with Crippen molar-refractivity contribution in [2.45, 2.75) is 0 Å². The summed E-state index contributed by atoms with van der Waals surface area (Å²) >= 11 is 1.72. The Morgan fingerprint density at radius 3 is 2.29 bits per heavy atom. The number of pyridine rings is 1. The monoisotopic (exact) mass is 248 g/mol. The van der Waals surface area contributed by atoms with Gasteiger partial charge in [-0.15, -0.1) is 11.3 Å². The number of nitrogens with zero attached hydrogens (tertiary/aromatic N) is 3. The zero-order valence-electron chi connectivity index (χ0n) is 9.62. The molecule has 0 unspecified atom stereocenters. The molecule has 90 valence electrons. The van der Waals surface area contributed by atoms with Gasteiger partial charge in [0.2, 0.25) is 0 Å². The van der Waals surface area contributed by atoms with E-state index in [1.54, 1.807) is 23.7 Å². The van der Waals surface area contributed by atoms with Gasteiger partial charge < -0.3 is 10.2 Å². The maximum absolute atomic E-state index is 4.26. The second-order valence-electron chi connectivity index (χ2n) is 3.58. The summed E-state index contributed by atoms with van der Waals surface area (Å²) in [7, 11) is 0. The zero-order valence-corrected chi connectivity index (χ0v) is 10.4. The van der Waals surface area contributed by atoms with Crippen LogP contribution in [0.3, 0.4) is 0 Å². The molecular weight excluding hydrogens is 232 g/mol. The quantitative estimate of drug-likeness (QED) is 0.833. The molecule has 0 spiro atoms. The van der Waals surface area contributed by atoms with Gasteiger partial charge in [0.15, 0.2) is 5.13 Å². The molecule has 0 atom stereocenters. The van der Waals surface area contributed by atoms with Crippen LogP contribution in [0, 0.1) is 0 Å². The van der Waals surface area contributed by atoms with Gasteiger partial charge >= 0.3 is 0 Å². The van der Waals surface area contributed by atoms with E-state index in [-0.39, 0.29) is 0 Å². The summed E-state index contributed by atoms with van der Waals surface area (Å²) in [6.45, 7) is 4.35. The molecule has 0 bridgehead atoms. The fourth-order valence-corrected chi connectivity index (χ4v) is 2.24. The first kappa shape index (κ1) is 12.0. The summed E-state index contributed by atoms with van der Waals surface area (Å²) in [5, 5.41) is 6.50. The molecule has 0 aromatic carbocycles. The van der Waals surface area contributed by atoms with Gasteiger partial charge in [0.05, 0.1) is 0 Å². The highest BCUT2D eigenvalue weighted by atomic mass is 32.1.